The molecular formula is C18H24N2O5S. The van der Waals surface area contributed by atoms with E-state index in [1.165, 1.54) is 12.8 Å². The highest BCUT2D eigenvalue weighted by atomic mass is 32.2. The van der Waals surface area contributed by atoms with Gasteiger partial charge in [0, 0.05) is 12.1 Å². The molecule has 0 aromatic heterocycles. The van der Waals surface area contributed by atoms with Crippen LogP contribution in [0.3, 0.4) is 0 Å². The van der Waals surface area contributed by atoms with E-state index in [1.807, 2.05) is 0 Å². The fourth-order valence-corrected chi connectivity index (χ4v) is 5.41. The molecule has 0 radical (unpaired) electrons. The Balaban J connectivity index is 1.51. The van der Waals surface area contributed by atoms with E-state index in [9.17, 15) is 13.2 Å². The normalized spacial score (nSPS) is 26.1. The van der Waals surface area contributed by atoms with Crippen molar-refractivity contribution in [2.75, 3.05) is 23.4 Å². The first-order valence-corrected chi connectivity index (χ1v) is 10.8. The van der Waals surface area contributed by atoms with E-state index in [2.05, 4.69) is 5.32 Å². The highest BCUT2D eigenvalue weighted by Crippen LogP contribution is 2.44. The van der Waals surface area contributed by atoms with Gasteiger partial charge in [-0.3, -0.25) is 9.10 Å². The third-order valence-electron chi connectivity index (χ3n) is 5.72. The minimum absolute atomic E-state index is 0.0805. The number of carbonyl (C=O) groups is 1. The number of sulfonamides is 1. The minimum Gasteiger partial charge on any atom is -0.454 e. The van der Waals surface area contributed by atoms with Gasteiger partial charge in [-0.15, -0.1) is 0 Å². The van der Waals surface area contributed by atoms with E-state index in [0.29, 0.717) is 23.1 Å². The van der Waals surface area contributed by atoms with Crippen molar-refractivity contribution in [2.45, 2.75) is 38.6 Å². The van der Waals surface area contributed by atoms with Crippen molar-refractivity contribution in [3.8, 4) is 11.5 Å². The Bertz CT molecular complexity index is 810. The van der Waals surface area contributed by atoms with Crippen molar-refractivity contribution in [3.05, 3.63) is 18.2 Å². The van der Waals surface area contributed by atoms with Gasteiger partial charge in [0.25, 0.3) is 0 Å². The fourth-order valence-electron chi connectivity index (χ4n) is 4.35. The number of fused-ring (bicyclic) bond motifs is 3. The van der Waals surface area contributed by atoms with Crippen LogP contribution < -0.4 is 19.1 Å². The molecule has 1 N–H and O–H groups in total. The van der Waals surface area contributed by atoms with Crippen molar-refractivity contribution in [2.24, 2.45) is 11.8 Å². The number of carbonyl (C=O) groups excluding carboxylic acids is 1. The smallest absolute Gasteiger partial charge is 0.241 e. The molecule has 3 aliphatic rings. The first-order chi connectivity index (χ1) is 12.5. The van der Waals surface area contributed by atoms with Gasteiger partial charge in [-0.25, -0.2) is 8.42 Å². The van der Waals surface area contributed by atoms with E-state index in [1.54, 1.807) is 25.1 Å². The minimum atomic E-state index is -3.59. The van der Waals surface area contributed by atoms with Crippen molar-refractivity contribution < 1.29 is 22.7 Å². The van der Waals surface area contributed by atoms with Gasteiger partial charge in [-0.05, 0) is 50.2 Å². The summed E-state index contributed by atoms with van der Waals surface area (Å²) in [5.74, 6) is 2.00. The summed E-state index contributed by atoms with van der Waals surface area (Å²) >= 11 is 0. The molecule has 7 nitrogen and oxygen atoms in total. The van der Waals surface area contributed by atoms with Crippen LogP contribution in [0.2, 0.25) is 0 Å². The molecule has 2 aliphatic carbocycles. The molecule has 26 heavy (non-hydrogen) atoms. The molecule has 1 aliphatic heterocycles. The van der Waals surface area contributed by atoms with Crippen molar-refractivity contribution in [1.82, 2.24) is 5.32 Å². The molecule has 1 heterocycles. The van der Waals surface area contributed by atoms with E-state index < -0.39 is 10.0 Å². The molecule has 3 atom stereocenters. The lowest BCUT2D eigenvalue weighted by Gasteiger charge is -2.27. The Morgan fingerprint density at radius 1 is 1.23 bits per heavy atom. The molecule has 3 unspecified atom stereocenters. The number of amides is 1. The molecule has 2 bridgehead atoms. The number of hydrogen-bond donors (Lipinski definition) is 1. The number of nitrogens with one attached hydrogen (secondary N) is 1. The molecule has 0 spiro atoms. The zero-order valence-electron chi connectivity index (χ0n) is 14.8. The number of ether oxygens (including phenoxy) is 2. The summed E-state index contributed by atoms with van der Waals surface area (Å²) in [4.78, 5) is 12.6. The fraction of sp³-hybridized carbons (Fsp3) is 0.611. The molecule has 1 aromatic rings. The predicted octanol–water partition coefficient (Wildman–Crippen LogP) is 1.88. The number of rotatable bonds is 6. The van der Waals surface area contributed by atoms with Gasteiger partial charge in [0.2, 0.25) is 22.7 Å². The Morgan fingerprint density at radius 2 is 2.04 bits per heavy atom. The van der Waals surface area contributed by atoms with E-state index in [4.69, 9.17) is 9.47 Å². The second-order valence-corrected chi connectivity index (χ2v) is 9.48. The molecular weight excluding hydrogens is 356 g/mol. The Labute approximate surface area is 153 Å². The highest BCUT2D eigenvalue weighted by molar-refractivity contribution is 7.92. The maximum Gasteiger partial charge on any atom is 0.241 e. The van der Waals surface area contributed by atoms with E-state index in [0.717, 1.165) is 23.1 Å². The lowest BCUT2D eigenvalue weighted by Crippen LogP contribution is -2.46. The van der Waals surface area contributed by atoms with Gasteiger partial charge in [-0.2, -0.15) is 0 Å². The number of anilines is 1. The standard InChI is InChI=1S/C18H24N2O5S/c1-2-26(22,23)20(14-5-6-16-17(9-14)25-11-24-16)10-18(21)19-15-8-12-3-4-13(15)7-12/h5-6,9,12-13,15H,2-4,7-8,10-11H2,1H3,(H,19,21). The van der Waals surface area contributed by atoms with Crippen LogP contribution in [0.1, 0.15) is 32.6 Å². The molecule has 142 valence electrons. The predicted molar refractivity (Wildman–Crippen MR) is 96.8 cm³/mol. The van der Waals surface area contributed by atoms with Crippen molar-refractivity contribution in [1.29, 1.82) is 0 Å². The molecule has 2 fully saturated rings. The lowest BCUT2D eigenvalue weighted by molar-refractivity contribution is -0.120. The third kappa shape index (κ3) is 3.22. The molecule has 1 aromatic carbocycles. The maximum atomic E-state index is 12.6. The van der Waals surface area contributed by atoms with Gasteiger partial charge < -0.3 is 14.8 Å². The van der Waals surface area contributed by atoms with Crippen LogP contribution in [-0.4, -0.2) is 39.5 Å². The van der Waals surface area contributed by atoms with Gasteiger partial charge in [0.1, 0.15) is 6.54 Å². The van der Waals surface area contributed by atoms with Crippen LogP contribution in [-0.2, 0) is 14.8 Å². The summed E-state index contributed by atoms with van der Waals surface area (Å²) in [6.45, 7) is 1.47. The first-order valence-electron chi connectivity index (χ1n) is 9.15. The average Bonchev–Trinajstić information content (AvgIpc) is 3.35. The first kappa shape index (κ1) is 17.5. The summed E-state index contributed by atoms with van der Waals surface area (Å²) in [5.41, 5.74) is 0.416. The van der Waals surface area contributed by atoms with E-state index in [-0.39, 0.29) is 31.0 Å². The quantitative estimate of drug-likeness (QED) is 0.814. The second kappa shape index (κ2) is 6.64. The summed E-state index contributed by atoms with van der Waals surface area (Å²) in [6, 6.07) is 5.11. The Hall–Kier alpha value is -1.96. The van der Waals surface area contributed by atoms with Gasteiger partial charge in [0.15, 0.2) is 11.5 Å². The number of benzene rings is 1. The van der Waals surface area contributed by atoms with E-state index >= 15 is 0 Å². The molecule has 8 heteroatoms. The molecule has 2 saturated carbocycles. The number of hydrogen-bond acceptors (Lipinski definition) is 5. The highest BCUT2D eigenvalue weighted by Gasteiger charge is 2.40. The third-order valence-corrected chi connectivity index (χ3v) is 7.46. The van der Waals surface area contributed by atoms with Gasteiger partial charge in [0.05, 0.1) is 11.4 Å². The largest absolute Gasteiger partial charge is 0.454 e. The van der Waals surface area contributed by atoms with Crippen LogP contribution in [0.4, 0.5) is 5.69 Å². The van der Waals surface area contributed by atoms with Gasteiger partial charge in [-0.1, -0.05) is 6.42 Å². The summed E-state index contributed by atoms with van der Waals surface area (Å²) in [7, 11) is -3.59. The van der Waals surface area contributed by atoms with Crippen LogP contribution in [0, 0.1) is 11.8 Å². The average molecular weight is 380 g/mol. The monoisotopic (exact) mass is 380 g/mol. The Kier molecular flexibility index (Phi) is 4.46. The molecule has 4 rings (SSSR count). The van der Waals surface area contributed by atoms with Crippen LogP contribution in [0.5, 0.6) is 11.5 Å². The Morgan fingerprint density at radius 3 is 2.73 bits per heavy atom. The number of nitrogens with zero attached hydrogens (tertiary/aromatic N) is 1. The second-order valence-electron chi connectivity index (χ2n) is 7.29. The van der Waals surface area contributed by atoms with Crippen LogP contribution >= 0.6 is 0 Å². The maximum absolute atomic E-state index is 12.6. The molecule has 1 amide bonds. The van der Waals surface area contributed by atoms with Crippen LogP contribution in [0.25, 0.3) is 0 Å². The van der Waals surface area contributed by atoms with Crippen molar-refractivity contribution >= 4 is 21.6 Å². The topological polar surface area (TPSA) is 84.9 Å². The zero-order chi connectivity index (χ0) is 18.3. The van der Waals surface area contributed by atoms with Crippen LogP contribution in [0.15, 0.2) is 18.2 Å². The lowest BCUT2D eigenvalue weighted by atomic mass is 9.95. The van der Waals surface area contributed by atoms with Gasteiger partial charge >= 0.3 is 0 Å². The summed E-state index contributed by atoms with van der Waals surface area (Å²) < 4.78 is 36.9. The zero-order valence-corrected chi connectivity index (χ0v) is 15.6. The summed E-state index contributed by atoms with van der Waals surface area (Å²) in [5, 5.41) is 3.06. The summed E-state index contributed by atoms with van der Waals surface area (Å²) in [6.07, 6.45) is 4.62. The molecule has 0 saturated heterocycles. The SMILES string of the molecule is CCS(=O)(=O)N(CC(=O)NC1CC2CCC1C2)c1ccc2c(c1)OCO2. The van der Waals surface area contributed by atoms with Crippen molar-refractivity contribution in [3.63, 3.8) is 0 Å².